The van der Waals surface area contributed by atoms with Crippen molar-refractivity contribution in [2.45, 2.75) is 80.1 Å². The highest BCUT2D eigenvalue weighted by Crippen LogP contribution is 2.29. The molecule has 0 atom stereocenters. The van der Waals surface area contributed by atoms with E-state index in [4.69, 9.17) is 0 Å². The van der Waals surface area contributed by atoms with Crippen LogP contribution in [0.25, 0.3) is 0 Å². The van der Waals surface area contributed by atoms with Gasteiger partial charge in [0.25, 0.3) is 0 Å². The summed E-state index contributed by atoms with van der Waals surface area (Å²) in [6, 6.07) is 0. The minimum absolute atomic E-state index is 0.445. The van der Waals surface area contributed by atoms with E-state index in [9.17, 15) is 0 Å². The first kappa shape index (κ1) is 15.0. The Morgan fingerprint density at radius 3 is 1.93 bits per heavy atom. The quantitative estimate of drug-likeness (QED) is 0.457. The third-order valence-electron chi connectivity index (χ3n) is 3.87. The molecule has 0 unspecified atom stereocenters. The Morgan fingerprint density at radius 2 is 1.47 bits per heavy atom. The summed E-state index contributed by atoms with van der Waals surface area (Å²) in [5.41, 5.74) is 1.00. The van der Waals surface area contributed by atoms with Crippen LogP contribution in [0.4, 0.5) is 0 Å². The molecule has 0 aliphatic rings. The van der Waals surface area contributed by atoms with E-state index in [0.29, 0.717) is 10.8 Å². The van der Waals surface area contributed by atoms with Crippen LogP contribution in [0.3, 0.4) is 0 Å². The Labute approximate surface area is 97.8 Å². The van der Waals surface area contributed by atoms with Crippen molar-refractivity contribution in [3.05, 3.63) is 6.42 Å². The van der Waals surface area contributed by atoms with Crippen LogP contribution >= 0.6 is 0 Å². The molecular weight excluding hydrogens is 180 g/mol. The smallest absolute Gasteiger partial charge is 0.0326 e. The van der Waals surface area contributed by atoms with Crippen molar-refractivity contribution < 1.29 is 0 Å². The zero-order valence-corrected chi connectivity index (χ0v) is 11.8. The molecule has 0 aromatic rings. The van der Waals surface area contributed by atoms with Crippen molar-refractivity contribution in [1.82, 2.24) is 0 Å². The van der Waals surface area contributed by atoms with Gasteiger partial charge in [0.05, 0.1) is 0 Å². The van der Waals surface area contributed by atoms with E-state index in [-0.39, 0.29) is 0 Å². The second-order valence-corrected chi connectivity index (χ2v) is 6.31. The van der Waals surface area contributed by atoms with E-state index in [2.05, 4.69) is 48.0 Å². The molecule has 1 radical (unpaired) electrons. The maximum atomic E-state index is 2.51. The van der Waals surface area contributed by atoms with Crippen molar-refractivity contribution in [2.24, 2.45) is 10.8 Å². The highest BCUT2D eigenvalue weighted by atomic mass is 14.2. The van der Waals surface area contributed by atoms with E-state index in [0.717, 1.165) is 0 Å². The second kappa shape index (κ2) is 6.55. The summed E-state index contributed by atoms with van der Waals surface area (Å²) in [7, 11) is 0. The maximum absolute atomic E-state index is 2.51. The third-order valence-corrected chi connectivity index (χ3v) is 3.87. The van der Waals surface area contributed by atoms with Crippen molar-refractivity contribution in [3.63, 3.8) is 0 Å². The molecule has 15 heavy (non-hydrogen) atoms. The second-order valence-electron chi connectivity index (χ2n) is 6.31. The van der Waals surface area contributed by atoms with Gasteiger partial charge in [-0.15, -0.1) is 0 Å². The van der Waals surface area contributed by atoms with Crippen LogP contribution in [-0.2, 0) is 0 Å². The Bertz CT molecular complexity index is 135. The summed E-state index contributed by atoms with van der Waals surface area (Å²) in [4.78, 5) is 0. The minimum atomic E-state index is 0.445. The van der Waals surface area contributed by atoms with Gasteiger partial charge in [0.15, 0.2) is 0 Å². The zero-order valence-electron chi connectivity index (χ0n) is 11.8. The molecule has 0 aromatic carbocycles. The van der Waals surface area contributed by atoms with E-state index in [1.54, 1.807) is 0 Å². The van der Waals surface area contributed by atoms with E-state index < -0.39 is 0 Å². The number of hydrogen-bond donors (Lipinski definition) is 0. The van der Waals surface area contributed by atoms with Crippen LogP contribution in [0.2, 0.25) is 0 Å². The molecule has 0 heterocycles. The zero-order chi connectivity index (χ0) is 11.9. The number of hydrogen-bond acceptors (Lipinski definition) is 0. The van der Waals surface area contributed by atoms with Gasteiger partial charge in [0, 0.05) is 0 Å². The lowest BCUT2D eigenvalue weighted by Crippen LogP contribution is -2.11. The maximum Gasteiger partial charge on any atom is -0.0326 e. The van der Waals surface area contributed by atoms with Gasteiger partial charge >= 0.3 is 0 Å². The monoisotopic (exact) mass is 211 g/mol. The molecule has 0 fully saturated rings. The summed E-state index contributed by atoms with van der Waals surface area (Å²) >= 11 is 0. The highest BCUT2D eigenvalue weighted by Gasteiger charge is 2.16. The Balaban J connectivity index is 3.48. The molecule has 0 aliphatic heterocycles. The lowest BCUT2D eigenvalue weighted by atomic mass is 9.82. The first-order chi connectivity index (χ1) is 6.83. The molecule has 0 bridgehead atoms. The summed E-state index contributed by atoms with van der Waals surface area (Å²) < 4.78 is 0. The molecule has 0 amide bonds. The van der Waals surface area contributed by atoms with Crippen molar-refractivity contribution in [1.29, 1.82) is 0 Å². The number of unbranched alkanes of at least 4 members (excludes halogenated alkanes) is 2. The van der Waals surface area contributed by atoms with E-state index in [1.165, 1.54) is 38.5 Å². The van der Waals surface area contributed by atoms with Gasteiger partial charge in [-0.2, -0.15) is 0 Å². The van der Waals surface area contributed by atoms with Crippen LogP contribution in [0.1, 0.15) is 80.1 Å². The Kier molecular flexibility index (Phi) is 6.55. The first-order valence-corrected chi connectivity index (χ1v) is 6.67. The van der Waals surface area contributed by atoms with Crippen LogP contribution in [-0.4, -0.2) is 0 Å². The topological polar surface area (TPSA) is 0 Å². The first-order valence-electron chi connectivity index (χ1n) is 6.67. The fourth-order valence-corrected chi connectivity index (χ4v) is 1.56. The average Bonchev–Trinajstić information content (AvgIpc) is 2.17. The molecule has 0 N–H and O–H groups in total. The highest BCUT2D eigenvalue weighted by molar-refractivity contribution is 4.83. The van der Waals surface area contributed by atoms with Crippen LogP contribution in [0, 0.1) is 17.3 Å². The van der Waals surface area contributed by atoms with Gasteiger partial charge in [0.2, 0.25) is 0 Å². The van der Waals surface area contributed by atoms with E-state index in [1.807, 2.05) is 0 Å². The van der Waals surface area contributed by atoms with Crippen LogP contribution < -0.4 is 0 Å². The van der Waals surface area contributed by atoms with Gasteiger partial charge in [-0.3, -0.25) is 0 Å². The van der Waals surface area contributed by atoms with Crippen molar-refractivity contribution >= 4 is 0 Å². The van der Waals surface area contributed by atoms with Gasteiger partial charge in [0.1, 0.15) is 0 Å². The molecule has 0 aromatic heterocycles. The van der Waals surface area contributed by atoms with Gasteiger partial charge in [-0.05, 0) is 30.1 Å². The fraction of sp³-hybridized carbons (Fsp3) is 0.933. The Morgan fingerprint density at radius 1 is 0.867 bits per heavy atom. The standard InChI is InChI=1S/C15H31/c1-7-14(3,4)12-10-9-11-13-15(5,6)8-2/h12H,7-11,13H2,1-6H3. The van der Waals surface area contributed by atoms with Gasteiger partial charge < -0.3 is 0 Å². The Hall–Kier alpha value is 0. The lowest BCUT2D eigenvalue weighted by Gasteiger charge is -2.24. The summed E-state index contributed by atoms with van der Waals surface area (Å²) in [6.07, 6.45) is 10.5. The molecule has 0 saturated heterocycles. The van der Waals surface area contributed by atoms with Crippen molar-refractivity contribution in [3.8, 4) is 0 Å². The molecule has 0 aliphatic carbocycles. The molecule has 0 spiro atoms. The van der Waals surface area contributed by atoms with Crippen LogP contribution in [0.5, 0.6) is 0 Å². The normalized spacial score (nSPS) is 13.2. The van der Waals surface area contributed by atoms with E-state index >= 15 is 0 Å². The predicted molar refractivity (Wildman–Crippen MR) is 70.9 cm³/mol. The van der Waals surface area contributed by atoms with Crippen LogP contribution in [0.15, 0.2) is 0 Å². The average molecular weight is 211 g/mol. The molecule has 0 heteroatoms. The SMILES string of the molecule is CCC(C)(C)[CH]CCCCC(C)(C)CC. The summed E-state index contributed by atoms with van der Waals surface area (Å²) in [5.74, 6) is 0. The summed E-state index contributed by atoms with van der Waals surface area (Å²) in [6.45, 7) is 14.0. The fourth-order valence-electron chi connectivity index (χ4n) is 1.56. The van der Waals surface area contributed by atoms with Crippen molar-refractivity contribution in [2.75, 3.05) is 0 Å². The minimum Gasteiger partial charge on any atom is -0.0649 e. The molecule has 0 saturated carbocycles. The largest absolute Gasteiger partial charge is 0.0649 e. The molecule has 0 rings (SSSR count). The summed E-state index contributed by atoms with van der Waals surface area (Å²) in [5, 5.41) is 0. The lowest BCUT2D eigenvalue weighted by molar-refractivity contribution is 0.306. The van der Waals surface area contributed by atoms with Gasteiger partial charge in [-0.25, -0.2) is 0 Å². The predicted octanol–water partition coefficient (Wildman–Crippen LogP) is 5.62. The third kappa shape index (κ3) is 7.88. The molecule has 0 nitrogen and oxygen atoms in total. The molecule has 91 valence electrons. The molecular formula is C15H31. The number of rotatable bonds is 8. The van der Waals surface area contributed by atoms with Gasteiger partial charge in [-0.1, -0.05) is 67.2 Å².